The van der Waals surface area contributed by atoms with Crippen molar-refractivity contribution < 1.29 is 19.1 Å². The first-order valence-corrected chi connectivity index (χ1v) is 9.37. The zero-order valence-electron chi connectivity index (χ0n) is 14.2. The van der Waals surface area contributed by atoms with E-state index in [0.29, 0.717) is 30.3 Å². The Morgan fingerprint density at radius 2 is 1.82 bits per heavy atom. The van der Waals surface area contributed by atoms with Gasteiger partial charge in [0.05, 0.1) is 15.7 Å². The first-order valence-electron chi connectivity index (χ1n) is 8.21. The molecule has 1 N–H and O–H groups in total. The minimum atomic E-state index is -0.604. The summed E-state index contributed by atoms with van der Waals surface area (Å²) in [6, 6.07) is 9.98. The number of ether oxygens (including phenoxy) is 2. The summed E-state index contributed by atoms with van der Waals surface area (Å²) in [6.07, 6.45) is 1.46. The predicted molar refractivity (Wildman–Crippen MR) is 110 cm³/mol. The average molecular weight is 435 g/mol. The number of nitrogens with zero attached hydrogens (tertiary/aromatic N) is 1. The van der Waals surface area contributed by atoms with Gasteiger partial charge in [-0.25, -0.2) is 0 Å². The number of carbonyl (C=O) groups excluding carboxylic acids is 2. The van der Waals surface area contributed by atoms with E-state index < -0.39 is 11.8 Å². The molecule has 0 bridgehead atoms. The second-order valence-corrected chi connectivity index (χ2v) is 7.11. The average Bonchev–Trinajstić information content (AvgIpc) is 2.68. The van der Waals surface area contributed by atoms with Crippen molar-refractivity contribution in [2.24, 2.45) is 0 Å². The van der Waals surface area contributed by atoms with E-state index in [9.17, 15) is 9.59 Å². The van der Waals surface area contributed by atoms with Crippen LogP contribution in [0.15, 0.2) is 42.0 Å². The molecule has 1 saturated heterocycles. The summed E-state index contributed by atoms with van der Waals surface area (Å²) in [5, 5.41) is 2.87. The topological polar surface area (TPSA) is 67.9 Å². The molecule has 0 aromatic heterocycles. The lowest BCUT2D eigenvalue weighted by Crippen LogP contribution is -2.54. The van der Waals surface area contributed by atoms with Gasteiger partial charge in [0, 0.05) is 0 Å². The molecule has 6 nitrogen and oxygen atoms in total. The molecule has 2 aromatic carbocycles. The Hall–Kier alpha value is -2.61. The third-order valence-corrected chi connectivity index (χ3v) is 5.24. The summed E-state index contributed by atoms with van der Waals surface area (Å²) in [6.45, 7) is 0.906. The number of fused-ring (bicyclic) bond motifs is 1. The van der Waals surface area contributed by atoms with Crippen LogP contribution < -0.4 is 19.7 Å². The van der Waals surface area contributed by atoms with E-state index in [1.807, 2.05) is 0 Å². The maximum atomic E-state index is 13.1. The van der Waals surface area contributed by atoms with E-state index in [1.165, 1.54) is 6.08 Å². The zero-order valence-corrected chi connectivity index (χ0v) is 16.5. The van der Waals surface area contributed by atoms with Crippen molar-refractivity contribution in [1.82, 2.24) is 5.32 Å². The second-order valence-electron chi connectivity index (χ2n) is 5.93. The molecule has 1 fully saturated rings. The molecule has 2 aromatic rings. The molecule has 0 radical (unpaired) electrons. The van der Waals surface area contributed by atoms with Crippen molar-refractivity contribution >= 4 is 64.1 Å². The molecule has 0 saturated carbocycles. The molecule has 2 aliphatic heterocycles. The standard InChI is InChI=1S/C19H12Cl2N2O4S/c20-12-2-1-3-13(16(12)21)23-18(25)11(17(24)22-19(23)28)8-10-4-5-14-15(9-10)27-7-6-26-14/h1-5,8-9H,6-7H2,(H,22,24,28)/b11-8+. The molecule has 0 unspecified atom stereocenters. The summed E-state index contributed by atoms with van der Waals surface area (Å²) in [5.41, 5.74) is 0.797. The Kier molecular flexibility index (Phi) is 4.97. The highest BCUT2D eigenvalue weighted by Crippen LogP contribution is 2.35. The summed E-state index contributed by atoms with van der Waals surface area (Å²) in [7, 11) is 0. The molecular weight excluding hydrogens is 423 g/mol. The monoisotopic (exact) mass is 434 g/mol. The fourth-order valence-electron chi connectivity index (χ4n) is 2.86. The summed E-state index contributed by atoms with van der Waals surface area (Å²) >= 11 is 17.5. The van der Waals surface area contributed by atoms with Crippen LogP contribution in [0.4, 0.5) is 5.69 Å². The largest absolute Gasteiger partial charge is 0.486 e. The Balaban J connectivity index is 1.74. The number of carbonyl (C=O) groups is 2. The van der Waals surface area contributed by atoms with Crippen LogP contribution in [0.5, 0.6) is 11.5 Å². The molecule has 9 heteroatoms. The van der Waals surface area contributed by atoms with Crippen molar-refractivity contribution in [3.63, 3.8) is 0 Å². The number of benzene rings is 2. The number of amides is 2. The molecule has 0 atom stereocenters. The van der Waals surface area contributed by atoms with Gasteiger partial charge in [-0.3, -0.25) is 19.8 Å². The van der Waals surface area contributed by atoms with Crippen LogP contribution in [0.25, 0.3) is 6.08 Å². The lowest BCUT2D eigenvalue weighted by atomic mass is 10.1. The van der Waals surface area contributed by atoms with Crippen molar-refractivity contribution in [1.29, 1.82) is 0 Å². The van der Waals surface area contributed by atoms with Gasteiger partial charge in [-0.2, -0.15) is 0 Å². The van der Waals surface area contributed by atoms with Crippen molar-refractivity contribution in [3.8, 4) is 11.5 Å². The highest BCUT2D eigenvalue weighted by molar-refractivity contribution is 7.80. The number of nitrogens with one attached hydrogen (secondary N) is 1. The molecule has 0 spiro atoms. The van der Waals surface area contributed by atoms with Gasteiger partial charge in [0.2, 0.25) is 0 Å². The van der Waals surface area contributed by atoms with Crippen LogP contribution in [0, 0.1) is 0 Å². The van der Waals surface area contributed by atoms with Gasteiger partial charge in [0.1, 0.15) is 18.8 Å². The highest BCUT2D eigenvalue weighted by Gasteiger charge is 2.35. The molecule has 2 heterocycles. The second kappa shape index (κ2) is 7.43. The lowest BCUT2D eigenvalue weighted by molar-refractivity contribution is -0.122. The third-order valence-electron chi connectivity index (χ3n) is 4.15. The molecule has 2 aliphatic rings. The van der Waals surface area contributed by atoms with Crippen LogP contribution in [0.3, 0.4) is 0 Å². The Morgan fingerprint density at radius 3 is 2.61 bits per heavy atom. The van der Waals surface area contributed by atoms with Crippen LogP contribution in [0.2, 0.25) is 10.0 Å². The minimum Gasteiger partial charge on any atom is -0.486 e. The van der Waals surface area contributed by atoms with Crippen LogP contribution in [-0.2, 0) is 9.59 Å². The quantitative estimate of drug-likeness (QED) is 0.444. The first kappa shape index (κ1) is 18.7. The van der Waals surface area contributed by atoms with Crippen LogP contribution in [-0.4, -0.2) is 30.1 Å². The summed E-state index contributed by atoms with van der Waals surface area (Å²) in [5.74, 6) is -0.0389. The van der Waals surface area contributed by atoms with Crippen LogP contribution >= 0.6 is 35.4 Å². The van der Waals surface area contributed by atoms with Gasteiger partial charge in [0.15, 0.2) is 16.6 Å². The maximum Gasteiger partial charge on any atom is 0.270 e. The van der Waals surface area contributed by atoms with Crippen molar-refractivity contribution in [2.45, 2.75) is 0 Å². The van der Waals surface area contributed by atoms with E-state index >= 15 is 0 Å². The maximum absolute atomic E-state index is 13.1. The summed E-state index contributed by atoms with van der Waals surface area (Å²) in [4.78, 5) is 26.6. The fourth-order valence-corrected chi connectivity index (χ4v) is 3.51. The van der Waals surface area contributed by atoms with E-state index in [-0.39, 0.29) is 26.4 Å². The van der Waals surface area contributed by atoms with Gasteiger partial charge in [-0.05, 0) is 48.1 Å². The molecule has 142 valence electrons. The van der Waals surface area contributed by atoms with Gasteiger partial charge in [0.25, 0.3) is 11.8 Å². The van der Waals surface area contributed by atoms with Crippen molar-refractivity contribution in [2.75, 3.05) is 18.1 Å². The number of anilines is 1. The lowest BCUT2D eigenvalue weighted by Gasteiger charge is -2.29. The van der Waals surface area contributed by atoms with E-state index in [1.54, 1.807) is 36.4 Å². The zero-order chi connectivity index (χ0) is 19.8. The number of hydrogen-bond acceptors (Lipinski definition) is 5. The smallest absolute Gasteiger partial charge is 0.270 e. The fraction of sp³-hybridized carbons (Fsp3) is 0.105. The van der Waals surface area contributed by atoms with E-state index in [4.69, 9.17) is 44.9 Å². The molecule has 28 heavy (non-hydrogen) atoms. The summed E-state index contributed by atoms with van der Waals surface area (Å²) < 4.78 is 11.0. The SMILES string of the molecule is O=C1NC(=S)N(c2cccc(Cl)c2Cl)C(=O)/C1=C/c1ccc2c(c1)OCCO2. The van der Waals surface area contributed by atoms with Crippen LogP contribution in [0.1, 0.15) is 5.56 Å². The Labute approximate surface area is 175 Å². The minimum absolute atomic E-state index is 0.0708. The normalized spacial score (nSPS) is 17.7. The number of hydrogen-bond donors (Lipinski definition) is 1. The Bertz CT molecular complexity index is 1050. The third kappa shape index (κ3) is 3.32. The van der Waals surface area contributed by atoms with Crippen molar-refractivity contribution in [3.05, 3.63) is 57.6 Å². The first-order chi connectivity index (χ1) is 13.5. The predicted octanol–water partition coefficient (Wildman–Crippen LogP) is 3.60. The number of rotatable bonds is 2. The van der Waals surface area contributed by atoms with E-state index in [2.05, 4.69) is 5.32 Å². The molecular formula is C19H12Cl2N2O4S. The number of halogens is 2. The van der Waals surface area contributed by atoms with Gasteiger partial charge < -0.3 is 9.47 Å². The van der Waals surface area contributed by atoms with Gasteiger partial charge >= 0.3 is 0 Å². The molecule has 2 amide bonds. The van der Waals surface area contributed by atoms with E-state index in [0.717, 1.165) is 4.90 Å². The van der Waals surface area contributed by atoms with Gasteiger partial charge in [-0.1, -0.05) is 35.3 Å². The molecule has 4 rings (SSSR count). The van der Waals surface area contributed by atoms with Gasteiger partial charge in [-0.15, -0.1) is 0 Å². The Morgan fingerprint density at radius 1 is 1.07 bits per heavy atom. The number of thiocarbonyl (C=S) groups is 1. The molecule has 0 aliphatic carbocycles. The highest BCUT2D eigenvalue weighted by atomic mass is 35.5.